The molecule has 0 bridgehead atoms. The second-order valence-electron chi connectivity index (χ2n) is 8.04. The molecule has 0 radical (unpaired) electrons. The Kier molecular flexibility index (Phi) is 20.1. The van der Waals surface area contributed by atoms with Crippen LogP contribution >= 0.6 is 0 Å². The SMILES string of the molecule is CCCCCCCCCCCCCCCCCC(=O)CC(C)(O)S(=O)(=O)[O-].[Na+]. The molecule has 1 unspecified atom stereocenters. The Morgan fingerprint density at radius 2 is 1.11 bits per heavy atom. The Bertz CT molecular complexity index is 477. The molecule has 0 saturated heterocycles. The monoisotopic (exact) mass is 428 g/mol. The molecule has 0 aromatic rings. The quantitative estimate of drug-likeness (QED) is 0.194. The van der Waals surface area contributed by atoms with E-state index in [2.05, 4.69) is 6.92 Å². The second kappa shape index (κ2) is 18.3. The van der Waals surface area contributed by atoms with Gasteiger partial charge in [0, 0.05) is 12.8 Å². The van der Waals surface area contributed by atoms with Crippen LogP contribution in [0.25, 0.3) is 0 Å². The van der Waals surface area contributed by atoms with Gasteiger partial charge in [0.2, 0.25) is 0 Å². The average molecular weight is 429 g/mol. The summed E-state index contributed by atoms with van der Waals surface area (Å²) in [6.07, 6.45) is 18.2. The third kappa shape index (κ3) is 17.4. The second-order valence-corrected chi connectivity index (χ2v) is 9.83. The molecule has 0 rings (SSSR count). The molecule has 162 valence electrons. The number of ketones is 1. The predicted octanol–water partition coefficient (Wildman–Crippen LogP) is 2.46. The first-order valence-corrected chi connectivity index (χ1v) is 12.3. The Labute approximate surface area is 195 Å². The van der Waals surface area contributed by atoms with Crippen molar-refractivity contribution in [1.29, 1.82) is 0 Å². The van der Waals surface area contributed by atoms with Gasteiger partial charge in [-0.1, -0.05) is 96.8 Å². The molecule has 0 amide bonds. The summed E-state index contributed by atoms with van der Waals surface area (Å²) in [4.78, 5) is 9.19. The first kappa shape index (κ1) is 30.7. The van der Waals surface area contributed by atoms with Crippen LogP contribution < -0.4 is 29.6 Å². The third-order valence-electron chi connectivity index (χ3n) is 5.12. The Morgan fingerprint density at radius 1 is 0.786 bits per heavy atom. The fourth-order valence-corrected chi connectivity index (χ4v) is 3.57. The van der Waals surface area contributed by atoms with Crippen LogP contribution in [-0.4, -0.2) is 28.8 Å². The molecule has 0 aliphatic heterocycles. The van der Waals surface area contributed by atoms with Crippen LogP contribution in [0.3, 0.4) is 0 Å². The fraction of sp³-hybridized carbons (Fsp3) is 0.952. The molecule has 0 spiro atoms. The van der Waals surface area contributed by atoms with E-state index in [4.69, 9.17) is 0 Å². The molecule has 0 aliphatic carbocycles. The number of hydrogen-bond donors (Lipinski definition) is 1. The van der Waals surface area contributed by atoms with Gasteiger partial charge in [-0.05, 0) is 13.3 Å². The van der Waals surface area contributed by atoms with Gasteiger partial charge in [0.1, 0.15) is 15.9 Å². The van der Waals surface area contributed by atoms with Crippen molar-refractivity contribution in [3.63, 3.8) is 0 Å². The molecule has 5 nitrogen and oxygen atoms in total. The van der Waals surface area contributed by atoms with Crippen LogP contribution in [0.5, 0.6) is 0 Å². The van der Waals surface area contributed by atoms with Gasteiger partial charge in [-0.15, -0.1) is 0 Å². The summed E-state index contributed by atoms with van der Waals surface area (Å²) in [5.74, 6) is -0.367. The van der Waals surface area contributed by atoms with Crippen molar-refractivity contribution in [1.82, 2.24) is 0 Å². The van der Waals surface area contributed by atoms with Crippen molar-refractivity contribution in [3.05, 3.63) is 0 Å². The Balaban J connectivity index is 0. The molecular weight excluding hydrogens is 387 g/mol. The largest absolute Gasteiger partial charge is 1.00 e. The van der Waals surface area contributed by atoms with Crippen LogP contribution in [0, 0.1) is 0 Å². The maximum absolute atomic E-state index is 11.7. The minimum atomic E-state index is -4.87. The van der Waals surface area contributed by atoms with E-state index >= 15 is 0 Å². The van der Waals surface area contributed by atoms with Crippen molar-refractivity contribution in [2.24, 2.45) is 0 Å². The summed E-state index contributed by atoms with van der Waals surface area (Å²) < 4.78 is 32.5. The number of carbonyl (C=O) groups excluding carboxylic acids is 1. The normalized spacial score (nSPS) is 13.7. The summed E-state index contributed by atoms with van der Waals surface area (Å²) in [5.41, 5.74) is 0. The van der Waals surface area contributed by atoms with E-state index in [0.29, 0.717) is 6.42 Å². The van der Waals surface area contributed by atoms with Crippen LogP contribution in [0.4, 0.5) is 0 Å². The van der Waals surface area contributed by atoms with Crippen LogP contribution in [0.2, 0.25) is 0 Å². The number of rotatable bonds is 19. The van der Waals surface area contributed by atoms with E-state index in [1.165, 1.54) is 70.6 Å². The summed E-state index contributed by atoms with van der Waals surface area (Å²) in [6, 6.07) is 0. The van der Waals surface area contributed by atoms with E-state index in [9.17, 15) is 22.9 Å². The van der Waals surface area contributed by atoms with Gasteiger partial charge in [-0.2, -0.15) is 0 Å². The molecule has 0 aliphatic rings. The van der Waals surface area contributed by atoms with Gasteiger partial charge in [0.05, 0.1) is 0 Å². The Morgan fingerprint density at radius 3 is 1.43 bits per heavy atom. The number of carbonyl (C=O) groups is 1. The topological polar surface area (TPSA) is 94.5 Å². The van der Waals surface area contributed by atoms with Gasteiger partial charge < -0.3 is 9.66 Å². The average Bonchev–Trinajstić information content (AvgIpc) is 2.57. The molecule has 7 heteroatoms. The van der Waals surface area contributed by atoms with Gasteiger partial charge in [0.15, 0.2) is 4.93 Å². The first-order valence-electron chi connectivity index (χ1n) is 10.9. The minimum absolute atomic E-state index is 0. The summed E-state index contributed by atoms with van der Waals surface area (Å²) in [5, 5.41) is 9.53. The fourth-order valence-electron chi connectivity index (χ4n) is 3.24. The van der Waals surface area contributed by atoms with Gasteiger partial charge in [-0.3, -0.25) is 4.79 Å². The number of aliphatic hydroxyl groups is 1. The number of Topliss-reactive ketones (excluding diaryl/α,β-unsaturated/α-hetero) is 1. The van der Waals surface area contributed by atoms with E-state index in [1.807, 2.05) is 0 Å². The molecule has 0 fully saturated rings. The summed E-state index contributed by atoms with van der Waals surface area (Å²) >= 11 is 0. The molecule has 0 heterocycles. The van der Waals surface area contributed by atoms with Crippen LogP contribution in [0.15, 0.2) is 0 Å². The summed E-state index contributed by atoms with van der Waals surface area (Å²) in [7, 11) is -4.87. The van der Waals surface area contributed by atoms with Crippen molar-refractivity contribution in [2.45, 2.75) is 128 Å². The Hall–Kier alpha value is 0.540. The molecule has 28 heavy (non-hydrogen) atoms. The standard InChI is InChI=1S/C21H42O5S.Na/c1-3-4-5-6-7-8-9-10-11-12-13-14-15-16-17-18-20(22)19-21(2,23)27(24,25)26;/h23H,3-19H2,1-2H3,(H,24,25,26);/q;+1/p-1. The maximum Gasteiger partial charge on any atom is 1.00 e. The van der Waals surface area contributed by atoms with Crippen molar-refractivity contribution < 1.29 is 52.4 Å². The zero-order chi connectivity index (χ0) is 20.6. The van der Waals surface area contributed by atoms with Crippen LogP contribution in [0.1, 0.15) is 123 Å². The van der Waals surface area contributed by atoms with Crippen molar-refractivity contribution >= 4 is 15.9 Å². The first-order chi connectivity index (χ1) is 12.7. The van der Waals surface area contributed by atoms with E-state index < -0.39 is 21.5 Å². The predicted molar refractivity (Wildman–Crippen MR) is 109 cm³/mol. The van der Waals surface area contributed by atoms with E-state index in [0.717, 1.165) is 26.2 Å². The van der Waals surface area contributed by atoms with Gasteiger partial charge >= 0.3 is 29.6 Å². The summed E-state index contributed by atoms with van der Waals surface area (Å²) in [6.45, 7) is 3.14. The smallest absolute Gasteiger partial charge is 0.746 e. The number of hydrogen-bond acceptors (Lipinski definition) is 5. The van der Waals surface area contributed by atoms with Crippen molar-refractivity contribution in [2.75, 3.05) is 0 Å². The van der Waals surface area contributed by atoms with Crippen LogP contribution in [-0.2, 0) is 14.9 Å². The zero-order valence-corrected chi connectivity index (χ0v) is 21.3. The molecule has 0 aromatic heterocycles. The molecule has 1 N–H and O–H groups in total. The van der Waals surface area contributed by atoms with E-state index in [1.54, 1.807) is 0 Å². The third-order valence-corrected chi connectivity index (χ3v) is 6.34. The zero-order valence-electron chi connectivity index (χ0n) is 18.5. The minimum Gasteiger partial charge on any atom is -0.746 e. The van der Waals surface area contributed by atoms with Crippen molar-refractivity contribution in [3.8, 4) is 0 Å². The van der Waals surface area contributed by atoms with Gasteiger partial charge in [0.25, 0.3) is 0 Å². The molecule has 1 atom stereocenters. The molecule has 0 aromatic carbocycles. The molecular formula is C21H41NaO5S. The van der Waals surface area contributed by atoms with Gasteiger partial charge in [-0.25, -0.2) is 8.42 Å². The maximum atomic E-state index is 11.7. The van der Waals surface area contributed by atoms with E-state index in [-0.39, 0.29) is 41.8 Å². The molecule has 0 saturated carbocycles. The number of unbranched alkanes of at least 4 members (excludes halogenated alkanes) is 14.